The third kappa shape index (κ3) is 5.21. The summed E-state index contributed by atoms with van der Waals surface area (Å²) in [5.74, 6) is 1.40. The minimum Gasteiger partial charge on any atom is -0.497 e. The van der Waals surface area contributed by atoms with Crippen LogP contribution < -0.4 is 15.0 Å². The molecule has 2 aromatic carbocycles. The lowest BCUT2D eigenvalue weighted by Crippen LogP contribution is -2.31. The lowest BCUT2D eigenvalue weighted by atomic mass is 9.98. The number of halogens is 1. The molecule has 2 N–H and O–H groups in total. The van der Waals surface area contributed by atoms with Gasteiger partial charge in [-0.05, 0) is 48.4 Å². The number of H-pyrrole nitrogens is 2. The Labute approximate surface area is 224 Å². The Hall–Kier alpha value is -4.30. The molecular weight excluding hydrogens is 504 g/mol. The van der Waals surface area contributed by atoms with Gasteiger partial charge in [-0.1, -0.05) is 29.8 Å². The van der Waals surface area contributed by atoms with Crippen LogP contribution in [0.1, 0.15) is 29.7 Å². The fraction of sp³-hybridized carbons (Fsp3) is 0.207. The molecule has 194 valence electrons. The highest BCUT2D eigenvalue weighted by Gasteiger charge is 2.31. The van der Waals surface area contributed by atoms with E-state index in [-0.39, 0.29) is 17.5 Å². The van der Waals surface area contributed by atoms with Crippen molar-refractivity contribution in [1.82, 2.24) is 20.1 Å². The first-order valence-corrected chi connectivity index (χ1v) is 12.6. The summed E-state index contributed by atoms with van der Waals surface area (Å²) >= 11 is 6.16. The van der Waals surface area contributed by atoms with Gasteiger partial charge in [0.1, 0.15) is 11.5 Å². The summed E-state index contributed by atoms with van der Waals surface area (Å²) in [6.45, 7) is 0.386. The number of carbonyl (C=O) groups excluding carboxylic acids is 1. The van der Waals surface area contributed by atoms with Crippen molar-refractivity contribution in [3.63, 3.8) is 0 Å². The fourth-order valence-electron chi connectivity index (χ4n) is 4.72. The van der Waals surface area contributed by atoms with E-state index in [1.807, 2.05) is 59.5 Å². The second kappa shape index (κ2) is 11.0. The van der Waals surface area contributed by atoms with Crippen LogP contribution in [0.2, 0.25) is 5.02 Å². The SMILES string of the molecule is COc1ccc(CN2C(=O)CC[C@@H]2/C=C(\c2ccc(Cl)cc2)c2ccc(-c3cn[nH]c3)c(=O)[nH]2)c(OC)c1. The monoisotopic (exact) mass is 530 g/mol. The van der Waals surface area contributed by atoms with E-state index >= 15 is 0 Å². The molecule has 2 aromatic heterocycles. The van der Waals surface area contributed by atoms with Gasteiger partial charge in [-0.25, -0.2) is 0 Å². The highest BCUT2D eigenvalue weighted by atomic mass is 35.5. The first kappa shape index (κ1) is 25.4. The van der Waals surface area contributed by atoms with Gasteiger partial charge >= 0.3 is 0 Å². The Balaban J connectivity index is 1.54. The Morgan fingerprint density at radius 3 is 2.61 bits per heavy atom. The number of hydrogen-bond acceptors (Lipinski definition) is 5. The van der Waals surface area contributed by atoms with E-state index < -0.39 is 0 Å². The van der Waals surface area contributed by atoms with Crippen molar-refractivity contribution in [1.29, 1.82) is 0 Å². The van der Waals surface area contributed by atoms with Crippen molar-refractivity contribution >= 4 is 23.1 Å². The number of pyridine rings is 1. The van der Waals surface area contributed by atoms with Gasteiger partial charge in [0.05, 0.1) is 32.0 Å². The largest absolute Gasteiger partial charge is 0.497 e. The number of aromatic amines is 2. The standard InChI is InChI=1S/C29H27ClN4O4/c1-37-23-9-5-19(27(14-23)38-2)17-34-22(8-12-28(34)35)13-25(18-3-6-21(30)7-4-18)26-11-10-24(29(36)33-26)20-15-31-32-16-20/h3-7,9-11,13-16,22H,8,12,17H2,1-2H3,(H,31,32)(H,33,36)/b25-13+/t22-/m1/s1. The van der Waals surface area contributed by atoms with Crippen molar-refractivity contribution < 1.29 is 14.3 Å². The van der Waals surface area contributed by atoms with Gasteiger partial charge < -0.3 is 19.4 Å². The van der Waals surface area contributed by atoms with E-state index in [4.69, 9.17) is 21.1 Å². The van der Waals surface area contributed by atoms with Crippen LogP contribution in [0.5, 0.6) is 11.5 Å². The molecule has 0 aliphatic carbocycles. The summed E-state index contributed by atoms with van der Waals surface area (Å²) in [6, 6.07) is 16.5. The fourth-order valence-corrected chi connectivity index (χ4v) is 4.85. The molecule has 0 saturated carbocycles. The van der Waals surface area contributed by atoms with Crippen LogP contribution in [0, 0.1) is 0 Å². The van der Waals surface area contributed by atoms with Gasteiger partial charge in [-0.2, -0.15) is 5.10 Å². The number of ether oxygens (including phenoxy) is 2. The molecule has 38 heavy (non-hydrogen) atoms. The molecule has 0 spiro atoms. The van der Waals surface area contributed by atoms with Gasteiger partial charge in [-0.3, -0.25) is 14.7 Å². The lowest BCUT2D eigenvalue weighted by Gasteiger charge is -2.25. The van der Waals surface area contributed by atoms with Gasteiger partial charge in [0.2, 0.25) is 5.91 Å². The number of nitrogens with zero attached hydrogens (tertiary/aromatic N) is 2. The summed E-state index contributed by atoms with van der Waals surface area (Å²) in [6.07, 6.45) is 6.42. The molecule has 4 aromatic rings. The zero-order chi connectivity index (χ0) is 26.6. The highest BCUT2D eigenvalue weighted by Crippen LogP contribution is 2.32. The quantitative estimate of drug-likeness (QED) is 0.332. The Bertz CT molecular complexity index is 1530. The molecule has 1 amide bonds. The molecule has 1 atom stereocenters. The molecule has 0 unspecified atom stereocenters. The average molecular weight is 531 g/mol. The van der Waals surface area contributed by atoms with Crippen molar-refractivity contribution in [3.8, 4) is 22.6 Å². The average Bonchev–Trinajstić information content (AvgIpc) is 3.58. The first-order valence-electron chi connectivity index (χ1n) is 12.2. The second-order valence-electron chi connectivity index (χ2n) is 8.99. The van der Waals surface area contributed by atoms with Crippen molar-refractivity contribution in [2.45, 2.75) is 25.4 Å². The zero-order valence-electron chi connectivity index (χ0n) is 21.0. The maximum atomic E-state index is 13.0. The summed E-state index contributed by atoms with van der Waals surface area (Å²) in [7, 11) is 3.20. The van der Waals surface area contributed by atoms with E-state index in [1.165, 1.54) is 0 Å². The summed E-state index contributed by atoms with van der Waals surface area (Å²) in [4.78, 5) is 30.9. The van der Waals surface area contributed by atoms with Crippen LogP contribution >= 0.6 is 11.6 Å². The number of aromatic nitrogens is 3. The van der Waals surface area contributed by atoms with Gasteiger partial charge in [-0.15, -0.1) is 0 Å². The number of rotatable bonds is 8. The summed E-state index contributed by atoms with van der Waals surface area (Å²) < 4.78 is 10.9. The maximum absolute atomic E-state index is 13.0. The minimum absolute atomic E-state index is 0.0587. The van der Waals surface area contributed by atoms with Crippen LogP contribution in [0.3, 0.4) is 0 Å². The third-order valence-electron chi connectivity index (χ3n) is 6.73. The molecule has 0 bridgehead atoms. The number of carbonyl (C=O) groups is 1. The lowest BCUT2D eigenvalue weighted by molar-refractivity contribution is -0.129. The normalized spacial score (nSPS) is 15.7. The highest BCUT2D eigenvalue weighted by molar-refractivity contribution is 6.30. The van der Waals surface area contributed by atoms with Gasteiger partial charge in [0, 0.05) is 52.6 Å². The van der Waals surface area contributed by atoms with E-state index in [2.05, 4.69) is 15.2 Å². The van der Waals surface area contributed by atoms with Crippen LogP contribution in [-0.4, -0.2) is 46.2 Å². The molecule has 8 nitrogen and oxygen atoms in total. The minimum atomic E-state index is -0.230. The zero-order valence-corrected chi connectivity index (χ0v) is 21.8. The predicted octanol–water partition coefficient (Wildman–Crippen LogP) is 5.06. The van der Waals surface area contributed by atoms with Crippen LogP contribution in [-0.2, 0) is 11.3 Å². The number of amides is 1. The van der Waals surface area contributed by atoms with Crippen LogP contribution in [0.4, 0.5) is 0 Å². The molecule has 3 heterocycles. The topological polar surface area (TPSA) is 100 Å². The van der Waals surface area contributed by atoms with Crippen molar-refractivity contribution in [2.75, 3.05) is 14.2 Å². The van der Waals surface area contributed by atoms with Gasteiger partial charge in [0.15, 0.2) is 0 Å². The number of benzene rings is 2. The maximum Gasteiger partial charge on any atom is 0.256 e. The molecule has 1 saturated heterocycles. The molecule has 1 aliphatic rings. The summed E-state index contributed by atoms with van der Waals surface area (Å²) in [5, 5.41) is 7.29. The number of likely N-dealkylation sites (tertiary alicyclic amines) is 1. The number of nitrogens with one attached hydrogen (secondary N) is 2. The molecule has 5 rings (SSSR count). The van der Waals surface area contributed by atoms with Crippen molar-refractivity contribution in [2.24, 2.45) is 0 Å². The Morgan fingerprint density at radius 1 is 1.11 bits per heavy atom. The van der Waals surface area contributed by atoms with Crippen molar-refractivity contribution in [3.05, 3.63) is 105 Å². The van der Waals surface area contributed by atoms with E-state index in [0.717, 1.165) is 16.7 Å². The molecule has 9 heteroatoms. The molecule has 1 aliphatic heterocycles. The smallest absolute Gasteiger partial charge is 0.256 e. The Kier molecular flexibility index (Phi) is 7.33. The molecular formula is C29H27ClN4O4. The third-order valence-corrected chi connectivity index (χ3v) is 6.98. The molecule has 1 fully saturated rings. The molecule has 0 radical (unpaired) electrons. The van der Waals surface area contributed by atoms with Crippen LogP contribution in [0.25, 0.3) is 16.7 Å². The van der Waals surface area contributed by atoms with E-state index in [9.17, 15) is 9.59 Å². The van der Waals surface area contributed by atoms with Crippen LogP contribution in [0.15, 0.2) is 77.9 Å². The van der Waals surface area contributed by atoms with E-state index in [0.29, 0.717) is 52.7 Å². The van der Waals surface area contributed by atoms with E-state index in [1.54, 1.807) is 32.7 Å². The second-order valence-corrected chi connectivity index (χ2v) is 9.43. The summed E-state index contributed by atoms with van der Waals surface area (Å²) in [5.41, 5.74) is 4.20. The Morgan fingerprint density at radius 2 is 1.92 bits per heavy atom. The number of methoxy groups -OCH3 is 2. The van der Waals surface area contributed by atoms with Gasteiger partial charge in [0.25, 0.3) is 5.56 Å². The predicted molar refractivity (Wildman–Crippen MR) is 146 cm³/mol. The first-order chi connectivity index (χ1) is 18.5. The number of hydrogen-bond donors (Lipinski definition) is 2.